The summed E-state index contributed by atoms with van der Waals surface area (Å²) in [6, 6.07) is 11.7. The fourth-order valence-corrected chi connectivity index (χ4v) is 2.77. The quantitative estimate of drug-likeness (QED) is 0.805. The Kier molecular flexibility index (Phi) is 3.74. The predicted molar refractivity (Wildman–Crippen MR) is 78.2 cm³/mol. The molecular weight excluding hydrogens is 346 g/mol. The molecule has 2 rings (SSSR count). The lowest BCUT2D eigenvalue weighted by molar-refractivity contribution is 0.414. The second-order valence-electron chi connectivity index (χ2n) is 3.59. The summed E-state index contributed by atoms with van der Waals surface area (Å²) in [4.78, 5) is 0. The first-order valence-corrected chi connectivity index (χ1v) is 6.59. The molecule has 0 aliphatic heterocycles. The van der Waals surface area contributed by atoms with Crippen molar-refractivity contribution in [1.29, 1.82) is 0 Å². The van der Waals surface area contributed by atoms with E-state index in [0.717, 1.165) is 31.5 Å². The molecule has 0 heterocycles. The second-order valence-corrected chi connectivity index (χ2v) is 5.29. The van der Waals surface area contributed by atoms with Crippen molar-refractivity contribution in [1.82, 2.24) is 0 Å². The number of nitrogen functional groups attached to an aromatic ring is 1. The third-order valence-electron chi connectivity index (χ3n) is 2.46. The highest BCUT2D eigenvalue weighted by molar-refractivity contribution is 9.11. The van der Waals surface area contributed by atoms with Crippen LogP contribution in [0.5, 0.6) is 5.75 Å². The van der Waals surface area contributed by atoms with E-state index in [-0.39, 0.29) is 0 Å². The first-order valence-electron chi connectivity index (χ1n) is 5.01. The van der Waals surface area contributed by atoms with Crippen LogP contribution in [-0.2, 0) is 0 Å². The van der Waals surface area contributed by atoms with Gasteiger partial charge in [-0.3, -0.25) is 0 Å². The van der Waals surface area contributed by atoms with Crippen LogP contribution in [-0.4, -0.2) is 7.11 Å². The average molecular weight is 357 g/mol. The average Bonchev–Trinajstić information content (AvgIpc) is 2.30. The first kappa shape index (κ1) is 12.5. The molecule has 2 aromatic rings. The monoisotopic (exact) mass is 355 g/mol. The summed E-state index contributed by atoms with van der Waals surface area (Å²) in [7, 11) is 1.65. The minimum atomic E-state index is 0.741. The van der Waals surface area contributed by atoms with E-state index >= 15 is 0 Å². The molecule has 0 unspecified atom stereocenters. The maximum atomic E-state index is 5.73. The lowest BCUT2D eigenvalue weighted by Gasteiger charge is -2.09. The highest BCUT2D eigenvalue weighted by atomic mass is 79.9. The molecule has 0 saturated heterocycles. The number of benzene rings is 2. The Labute approximate surface area is 117 Å². The van der Waals surface area contributed by atoms with Gasteiger partial charge in [0.15, 0.2) is 0 Å². The van der Waals surface area contributed by atoms with Crippen molar-refractivity contribution in [3.8, 4) is 16.9 Å². The molecule has 17 heavy (non-hydrogen) atoms. The predicted octanol–water partition coefficient (Wildman–Crippen LogP) is 4.47. The molecule has 88 valence electrons. The molecule has 4 heteroatoms. The first-order chi connectivity index (χ1) is 8.11. The lowest BCUT2D eigenvalue weighted by Crippen LogP contribution is -1.88. The molecule has 2 nitrogen and oxygen atoms in total. The summed E-state index contributed by atoms with van der Waals surface area (Å²) >= 11 is 7.07. The summed E-state index contributed by atoms with van der Waals surface area (Å²) < 4.78 is 7.14. The Hall–Kier alpha value is -1.00. The number of anilines is 1. The normalized spacial score (nSPS) is 10.3. The number of methoxy groups -OCH3 is 1. The number of rotatable bonds is 2. The van der Waals surface area contributed by atoms with Crippen LogP contribution < -0.4 is 10.5 Å². The van der Waals surface area contributed by atoms with Crippen molar-refractivity contribution in [3.63, 3.8) is 0 Å². The van der Waals surface area contributed by atoms with Crippen LogP contribution in [0.4, 0.5) is 5.69 Å². The number of halogens is 2. The standard InChI is InChI=1S/C13H11Br2NO/c1-17-9-3-5-11(13(15)7-9)10-4-2-8(16)6-12(10)14/h2-7H,16H2,1H3. The van der Waals surface area contributed by atoms with Gasteiger partial charge in [0.05, 0.1) is 7.11 Å². The Balaban J connectivity index is 2.53. The minimum Gasteiger partial charge on any atom is -0.497 e. The number of nitrogens with two attached hydrogens (primary N) is 1. The summed E-state index contributed by atoms with van der Waals surface area (Å²) in [5.41, 5.74) is 8.66. The Morgan fingerprint density at radius 3 is 2.06 bits per heavy atom. The van der Waals surface area contributed by atoms with E-state index < -0.39 is 0 Å². The van der Waals surface area contributed by atoms with Crippen molar-refractivity contribution in [2.24, 2.45) is 0 Å². The van der Waals surface area contributed by atoms with Gasteiger partial charge in [0.1, 0.15) is 5.75 Å². The van der Waals surface area contributed by atoms with E-state index in [2.05, 4.69) is 31.9 Å². The summed E-state index contributed by atoms with van der Waals surface area (Å²) in [6.45, 7) is 0. The topological polar surface area (TPSA) is 35.2 Å². The molecule has 2 N–H and O–H groups in total. The van der Waals surface area contributed by atoms with E-state index in [0.29, 0.717) is 0 Å². The molecule has 0 aromatic heterocycles. The SMILES string of the molecule is COc1ccc(-c2ccc(N)cc2Br)c(Br)c1. The van der Waals surface area contributed by atoms with Crippen LogP contribution in [0.3, 0.4) is 0 Å². The van der Waals surface area contributed by atoms with Gasteiger partial charge in [-0.1, -0.05) is 37.9 Å². The highest BCUT2D eigenvalue weighted by Crippen LogP contribution is 2.36. The third kappa shape index (κ3) is 2.64. The largest absolute Gasteiger partial charge is 0.497 e. The second kappa shape index (κ2) is 5.10. The minimum absolute atomic E-state index is 0.741. The van der Waals surface area contributed by atoms with Crippen LogP contribution >= 0.6 is 31.9 Å². The van der Waals surface area contributed by atoms with Gasteiger partial charge in [0.2, 0.25) is 0 Å². The van der Waals surface area contributed by atoms with E-state index in [1.165, 1.54) is 0 Å². The maximum Gasteiger partial charge on any atom is 0.120 e. The smallest absolute Gasteiger partial charge is 0.120 e. The van der Waals surface area contributed by atoms with Crippen molar-refractivity contribution in [2.45, 2.75) is 0 Å². The Morgan fingerprint density at radius 1 is 0.941 bits per heavy atom. The molecule has 2 aromatic carbocycles. The molecular formula is C13H11Br2NO. The van der Waals surface area contributed by atoms with Crippen LogP contribution in [0, 0.1) is 0 Å². The fraction of sp³-hybridized carbons (Fsp3) is 0.0769. The summed E-state index contributed by atoms with van der Waals surface area (Å²) in [5, 5.41) is 0. The van der Waals surface area contributed by atoms with Crippen LogP contribution in [0.1, 0.15) is 0 Å². The van der Waals surface area contributed by atoms with Gasteiger partial charge in [0.25, 0.3) is 0 Å². The van der Waals surface area contributed by atoms with Crippen molar-refractivity contribution in [2.75, 3.05) is 12.8 Å². The third-order valence-corrected chi connectivity index (χ3v) is 3.77. The van der Waals surface area contributed by atoms with E-state index in [9.17, 15) is 0 Å². The van der Waals surface area contributed by atoms with Crippen LogP contribution in [0.2, 0.25) is 0 Å². The molecule has 0 amide bonds. The molecule has 0 spiro atoms. The zero-order valence-corrected chi connectivity index (χ0v) is 12.4. The molecule has 0 radical (unpaired) electrons. The lowest BCUT2D eigenvalue weighted by atomic mass is 10.1. The number of hydrogen-bond donors (Lipinski definition) is 1. The van der Waals surface area contributed by atoms with Gasteiger partial charge in [-0.05, 0) is 41.5 Å². The van der Waals surface area contributed by atoms with Crippen molar-refractivity contribution < 1.29 is 4.74 Å². The van der Waals surface area contributed by atoms with Gasteiger partial charge in [0, 0.05) is 14.6 Å². The highest BCUT2D eigenvalue weighted by Gasteiger charge is 2.08. The van der Waals surface area contributed by atoms with Gasteiger partial charge < -0.3 is 10.5 Å². The van der Waals surface area contributed by atoms with E-state index in [1.807, 2.05) is 36.4 Å². The number of hydrogen-bond acceptors (Lipinski definition) is 2. The van der Waals surface area contributed by atoms with Gasteiger partial charge in [-0.2, -0.15) is 0 Å². The van der Waals surface area contributed by atoms with Crippen LogP contribution in [0.25, 0.3) is 11.1 Å². The Bertz CT molecular complexity index is 555. The fourth-order valence-electron chi connectivity index (χ4n) is 1.59. The maximum absolute atomic E-state index is 5.73. The molecule has 0 aliphatic carbocycles. The zero-order chi connectivity index (χ0) is 12.4. The molecule has 0 bridgehead atoms. The van der Waals surface area contributed by atoms with E-state index in [4.69, 9.17) is 10.5 Å². The van der Waals surface area contributed by atoms with Crippen LogP contribution in [0.15, 0.2) is 45.3 Å². The molecule has 0 fully saturated rings. The summed E-state index contributed by atoms with van der Waals surface area (Å²) in [6.07, 6.45) is 0. The van der Waals surface area contributed by atoms with E-state index in [1.54, 1.807) is 7.11 Å². The molecule has 0 atom stereocenters. The van der Waals surface area contributed by atoms with Gasteiger partial charge in [-0.15, -0.1) is 0 Å². The van der Waals surface area contributed by atoms with Crippen molar-refractivity contribution >= 4 is 37.5 Å². The van der Waals surface area contributed by atoms with Crippen molar-refractivity contribution in [3.05, 3.63) is 45.3 Å². The number of ether oxygens (including phenoxy) is 1. The molecule has 0 saturated carbocycles. The Morgan fingerprint density at radius 2 is 1.53 bits per heavy atom. The molecule has 0 aliphatic rings. The van der Waals surface area contributed by atoms with Gasteiger partial charge in [-0.25, -0.2) is 0 Å². The zero-order valence-electron chi connectivity index (χ0n) is 9.21. The summed E-state index contributed by atoms with van der Waals surface area (Å²) in [5.74, 6) is 0.826. The van der Waals surface area contributed by atoms with Gasteiger partial charge >= 0.3 is 0 Å².